The van der Waals surface area contributed by atoms with E-state index in [-0.39, 0.29) is 6.04 Å². The SMILES string of the molecule is CCCN(CCNC)c1ccc(C(N)CC)cc1. The number of hydrogen-bond acceptors (Lipinski definition) is 3. The summed E-state index contributed by atoms with van der Waals surface area (Å²) in [5, 5.41) is 3.20. The van der Waals surface area contributed by atoms with Gasteiger partial charge in [-0.25, -0.2) is 0 Å². The van der Waals surface area contributed by atoms with Gasteiger partial charge in [0.2, 0.25) is 0 Å². The molecule has 0 saturated heterocycles. The number of rotatable bonds is 8. The van der Waals surface area contributed by atoms with Crippen LogP contribution in [0.25, 0.3) is 0 Å². The Hall–Kier alpha value is -1.06. The molecule has 1 rings (SSSR count). The summed E-state index contributed by atoms with van der Waals surface area (Å²) in [6, 6.07) is 8.86. The van der Waals surface area contributed by atoms with Crippen molar-refractivity contribution in [1.82, 2.24) is 5.32 Å². The van der Waals surface area contributed by atoms with Crippen molar-refractivity contribution < 1.29 is 0 Å². The molecule has 0 spiro atoms. The molecule has 3 heteroatoms. The summed E-state index contributed by atoms with van der Waals surface area (Å²) >= 11 is 0. The molecule has 0 heterocycles. The zero-order valence-electron chi connectivity index (χ0n) is 11.9. The van der Waals surface area contributed by atoms with Crippen molar-refractivity contribution in [3.8, 4) is 0 Å². The van der Waals surface area contributed by atoms with Gasteiger partial charge in [0.05, 0.1) is 0 Å². The number of hydrogen-bond donors (Lipinski definition) is 2. The van der Waals surface area contributed by atoms with Crippen molar-refractivity contribution in [3.63, 3.8) is 0 Å². The summed E-state index contributed by atoms with van der Waals surface area (Å²) in [5.74, 6) is 0. The minimum Gasteiger partial charge on any atom is -0.370 e. The molecule has 1 aromatic rings. The highest BCUT2D eigenvalue weighted by molar-refractivity contribution is 5.48. The van der Waals surface area contributed by atoms with Crippen LogP contribution in [0.2, 0.25) is 0 Å². The maximum absolute atomic E-state index is 6.04. The lowest BCUT2D eigenvalue weighted by Crippen LogP contribution is -2.31. The Bertz CT molecular complexity index is 321. The van der Waals surface area contributed by atoms with E-state index in [4.69, 9.17) is 5.73 Å². The van der Waals surface area contributed by atoms with Crippen molar-refractivity contribution in [3.05, 3.63) is 29.8 Å². The van der Waals surface area contributed by atoms with Crippen molar-refractivity contribution in [2.75, 3.05) is 31.6 Å². The second kappa shape index (κ2) is 8.11. The predicted octanol–water partition coefficient (Wildman–Crippen LogP) is 2.53. The van der Waals surface area contributed by atoms with Crippen LogP contribution in [0.1, 0.15) is 38.3 Å². The number of nitrogens with two attached hydrogens (primary N) is 1. The van der Waals surface area contributed by atoms with Crippen LogP contribution in [0.4, 0.5) is 5.69 Å². The lowest BCUT2D eigenvalue weighted by atomic mass is 10.1. The number of nitrogens with zero attached hydrogens (tertiary/aromatic N) is 1. The molecule has 3 nitrogen and oxygen atoms in total. The third-order valence-corrected chi connectivity index (χ3v) is 3.25. The van der Waals surface area contributed by atoms with E-state index in [0.717, 1.165) is 26.1 Å². The molecule has 0 radical (unpaired) electrons. The van der Waals surface area contributed by atoms with Crippen LogP contribution in [0.3, 0.4) is 0 Å². The van der Waals surface area contributed by atoms with Crippen molar-refractivity contribution in [2.24, 2.45) is 5.73 Å². The second-order valence-corrected chi connectivity index (χ2v) is 4.70. The Kier molecular flexibility index (Phi) is 6.76. The minimum atomic E-state index is 0.163. The van der Waals surface area contributed by atoms with Gasteiger partial charge in [0.1, 0.15) is 0 Å². The Labute approximate surface area is 111 Å². The van der Waals surface area contributed by atoms with Crippen LogP contribution >= 0.6 is 0 Å². The van der Waals surface area contributed by atoms with Crippen molar-refractivity contribution >= 4 is 5.69 Å². The molecule has 0 aromatic heterocycles. The normalized spacial score (nSPS) is 12.4. The molecule has 1 atom stereocenters. The first-order chi connectivity index (χ1) is 8.72. The van der Waals surface area contributed by atoms with Crippen LogP contribution in [0, 0.1) is 0 Å². The minimum absolute atomic E-state index is 0.163. The molecule has 0 fully saturated rings. The number of benzene rings is 1. The maximum Gasteiger partial charge on any atom is 0.0366 e. The fourth-order valence-electron chi connectivity index (χ4n) is 2.05. The smallest absolute Gasteiger partial charge is 0.0366 e. The third-order valence-electron chi connectivity index (χ3n) is 3.25. The van der Waals surface area contributed by atoms with Crippen LogP contribution in [0.5, 0.6) is 0 Å². The zero-order valence-corrected chi connectivity index (χ0v) is 11.9. The van der Waals surface area contributed by atoms with Gasteiger partial charge in [-0.1, -0.05) is 26.0 Å². The summed E-state index contributed by atoms with van der Waals surface area (Å²) in [7, 11) is 1.99. The van der Waals surface area contributed by atoms with Gasteiger partial charge in [-0.3, -0.25) is 0 Å². The number of likely N-dealkylation sites (N-methyl/N-ethyl adjacent to an activating group) is 1. The van der Waals surface area contributed by atoms with Gasteiger partial charge in [-0.05, 0) is 37.6 Å². The van der Waals surface area contributed by atoms with Gasteiger partial charge >= 0.3 is 0 Å². The molecule has 0 aliphatic rings. The average molecular weight is 249 g/mol. The maximum atomic E-state index is 6.04. The Balaban J connectivity index is 2.73. The van der Waals surface area contributed by atoms with E-state index in [1.807, 2.05) is 7.05 Å². The molecule has 1 aromatic carbocycles. The third kappa shape index (κ3) is 4.31. The number of nitrogens with one attached hydrogen (secondary N) is 1. The second-order valence-electron chi connectivity index (χ2n) is 4.70. The molecule has 0 amide bonds. The van der Waals surface area contributed by atoms with E-state index in [1.165, 1.54) is 17.7 Å². The molecule has 1 unspecified atom stereocenters. The monoisotopic (exact) mass is 249 g/mol. The van der Waals surface area contributed by atoms with Crippen LogP contribution < -0.4 is 16.0 Å². The van der Waals surface area contributed by atoms with Gasteiger partial charge in [0.15, 0.2) is 0 Å². The van der Waals surface area contributed by atoms with Crippen LogP contribution in [-0.4, -0.2) is 26.7 Å². The van der Waals surface area contributed by atoms with E-state index < -0.39 is 0 Å². The van der Waals surface area contributed by atoms with Gasteiger partial charge in [-0.2, -0.15) is 0 Å². The highest BCUT2D eigenvalue weighted by Crippen LogP contribution is 2.19. The molecule has 3 N–H and O–H groups in total. The Morgan fingerprint density at radius 1 is 1.17 bits per heavy atom. The fraction of sp³-hybridized carbons (Fsp3) is 0.600. The first-order valence-corrected chi connectivity index (χ1v) is 6.98. The zero-order chi connectivity index (χ0) is 13.4. The predicted molar refractivity (Wildman–Crippen MR) is 80.1 cm³/mol. The summed E-state index contributed by atoms with van der Waals surface area (Å²) < 4.78 is 0. The van der Waals surface area contributed by atoms with E-state index in [9.17, 15) is 0 Å². The summed E-state index contributed by atoms with van der Waals surface area (Å²) in [6.45, 7) is 7.49. The first-order valence-electron chi connectivity index (χ1n) is 6.98. The first kappa shape index (κ1) is 15.0. The highest BCUT2D eigenvalue weighted by atomic mass is 15.1. The van der Waals surface area contributed by atoms with Crippen molar-refractivity contribution in [2.45, 2.75) is 32.7 Å². The average Bonchev–Trinajstić information content (AvgIpc) is 2.43. The molecule has 0 aliphatic carbocycles. The van der Waals surface area contributed by atoms with Crippen LogP contribution in [-0.2, 0) is 0 Å². The van der Waals surface area contributed by atoms with Gasteiger partial charge < -0.3 is 16.0 Å². The molecule has 0 bridgehead atoms. The summed E-state index contributed by atoms with van der Waals surface area (Å²) in [6.07, 6.45) is 2.15. The summed E-state index contributed by atoms with van der Waals surface area (Å²) in [4.78, 5) is 2.41. The Morgan fingerprint density at radius 2 is 1.83 bits per heavy atom. The van der Waals surface area contributed by atoms with E-state index >= 15 is 0 Å². The highest BCUT2D eigenvalue weighted by Gasteiger charge is 2.07. The van der Waals surface area contributed by atoms with Gasteiger partial charge in [0.25, 0.3) is 0 Å². The van der Waals surface area contributed by atoms with E-state index in [1.54, 1.807) is 0 Å². The molecular weight excluding hydrogens is 222 g/mol. The molecule has 0 saturated carbocycles. The fourth-order valence-corrected chi connectivity index (χ4v) is 2.05. The van der Waals surface area contributed by atoms with Gasteiger partial charge in [-0.15, -0.1) is 0 Å². The molecule has 18 heavy (non-hydrogen) atoms. The van der Waals surface area contributed by atoms with E-state index in [0.29, 0.717) is 0 Å². The van der Waals surface area contributed by atoms with Gasteiger partial charge in [0, 0.05) is 31.4 Å². The molecule has 102 valence electrons. The lowest BCUT2D eigenvalue weighted by Gasteiger charge is -2.24. The molecular formula is C15H27N3. The quantitative estimate of drug-likeness (QED) is 0.744. The van der Waals surface area contributed by atoms with Crippen LogP contribution in [0.15, 0.2) is 24.3 Å². The van der Waals surface area contributed by atoms with E-state index in [2.05, 4.69) is 48.3 Å². The summed E-state index contributed by atoms with van der Waals surface area (Å²) in [5.41, 5.74) is 8.55. The van der Waals surface area contributed by atoms with Crippen molar-refractivity contribution in [1.29, 1.82) is 0 Å². The number of anilines is 1. The standard InChI is InChI=1S/C15H27N3/c1-4-11-18(12-10-17-3)14-8-6-13(7-9-14)15(16)5-2/h6-9,15,17H,4-5,10-12,16H2,1-3H3. The Morgan fingerprint density at radius 3 is 2.33 bits per heavy atom. The topological polar surface area (TPSA) is 41.3 Å². The lowest BCUT2D eigenvalue weighted by molar-refractivity contribution is 0.695. The molecule has 0 aliphatic heterocycles. The largest absolute Gasteiger partial charge is 0.370 e.